The smallest absolute Gasteiger partial charge is 0.165 e. The van der Waals surface area contributed by atoms with Gasteiger partial charge >= 0.3 is 0 Å². The third-order valence-electron chi connectivity index (χ3n) is 1.08. The summed E-state index contributed by atoms with van der Waals surface area (Å²) in [6, 6.07) is 0. The molecule has 0 saturated carbocycles. The zero-order valence-corrected chi connectivity index (χ0v) is 8.21. The van der Waals surface area contributed by atoms with E-state index in [0.717, 1.165) is 0 Å². The van der Waals surface area contributed by atoms with Gasteiger partial charge in [-0.2, -0.15) is 0 Å². The fourth-order valence-electron chi connectivity index (χ4n) is 0.164. The van der Waals surface area contributed by atoms with Crippen LogP contribution in [0.3, 0.4) is 0 Å². The van der Waals surface area contributed by atoms with Crippen LogP contribution in [0.4, 0.5) is 0 Å². The third kappa shape index (κ3) is 2.26. The van der Waals surface area contributed by atoms with E-state index in [1.807, 2.05) is 0 Å². The lowest BCUT2D eigenvalue weighted by Gasteiger charge is -2.16. The molecule has 0 fully saturated rings. The van der Waals surface area contributed by atoms with Gasteiger partial charge in [-0.15, -0.1) is 0 Å². The van der Waals surface area contributed by atoms with Gasteiger partial charge in [-0.05, 0) is 20.8 Å². The monoisotopic (exact) mass is 214 g/mol. The van der Waals surface area contributed by atoms with Crippen molar-refractivity contribution in [2.24, 2.45) is 0 Å². The quantitative estimate of drug-likeness (QED) is 0.622. The molecule has 0 rings (SSSR count). The van der Waals surface area contributed by atoms with Crippen LogP contribution >= 0.6 is 15.9 Å². The average Bonchev–Trinajstić information content (AvgIpc) is 1.64. The van der Waals surface area contributed by atoms with Gasteiger partial charge in [-0.1, -0.05) is 15.9 Å². The molecule has 0 N–H and O–H groups in total. The Balaban J connectivity index is 4.57. The molecule has 56 valence electrons. The van der Waals surface area contributed by atoms with Crippen molar-refractivity contribution in [3.05, 3.63) is 0 Å². The second-order valence-electron chi connectivity index (χ2n) is 2.84. The molecule has 0 aliphatic heterocycles. The molecule has 0 aromatic rings. The molecular formula is C5H11BrO2S. The minimum Gasteiger partial charge on any atom is -0.227 e. The van der Waals surface area contributed by atoms with Gasteiger partial charge in [0.05, 0.1) is 4.75 Å². The summed E-state index contributed by atoms with van der Waals surface area (Å²) in [6.45, 7) is 5.05. The number of hydrogen-bond acceptors (Lipinski definition) is 2. The molecule has 2 nitrogen and oxygen atoms in total. The van der Waals surface area contributed by atoms with Gasteiger partial charge in [-0.25, -0.2) is 8.42 Å². The Morgan fingerprint density at radius 2 is 1.67 bits per heavy atom. The summed E-state index contributed by atoms with van der Waals surface area (Å²) in [5, 5.41) is 0. The van der Waals surface area contributed by atoms with Crippen molar-refractivity contribution >= 4 is 25.8 Å². The van der Waals surface area contributed by atoms with Crippen molar-refractivity contribution in [2.75, 3.05) is 4.66 Å². The Morgan fingerprint density at radius 1 is 1.33 bits per heavy atom. The van der Waals surface area contributed by atoms with Crippen LogP contribution in [0.15, 0.2) is 0 Å². The Morgan fingerprint density at radius 3 is 1.67 bits per heavy atom. The minimum absolute atomic E-state index is 0.0451. The molecule has 9 heavy (non-hydrogen) atoms. The van der Waals surface area contributed by atoms with E-state index in [1.165, 1.54) is 0 Å². The van der Waals surface area contributed by atoms with Crippen LogP contribution in [-0.2, 0) is 9.84 Å². The Kier molecular flexibility index (Phi) is 2.70. The maximum Gasteiger partial charge on any atom is 0.165 e. The van der Waals surface area contributed by atoms with Crippen molar-refractivity contribution in [3.8, 4) is 0 Å². The number of alkyl halides is 1. The van der Waals surface area contributed by atoms with Crippen LogP contribution < -0.4 is 0 Å². The fourth-order valence-corrected chi connectivity index (χ4v) is 2.55. The van der Waals surface area contributed by atoms with Gasteiger partial charge in [0.1, 0.15) is 4.66 Å². The number of hydrogen-bond donors (Lipinski definition) is 0. The summed E-state index contributed by atoms with van der Waals surface area (Å²) in [4.78, 5) is 0. The summed E-state index contributed by atoms with van der Waals surface area (Å²) >= 11 is 2.92. The molecule has 0 aromatic heterocycles. The Hall–Kier alpha value is 0.430. The zero-order chi connectivity index (χ0) is 7.71. The second kappa shape index (κ2) is 2.58. The van der Waals surface area contributed by atoms with Crippen LogP contribution in [-0.4, -0.2) is 17.8 Å². The highest BCUT2D eigenvalue weighted by atomic mass is 79.9. The van der Waals surface area contributed by atoms with Crippen LogP contribution in [0.25, 0.3) is 0 Å². The number of sulfone groups is 1. The van der Waals surface area contributed by atoms with Gasteiger partial charge < -0.3 is 0 Å². The summed E-state index contributed by atoms with van der Waals surface area (Å²) in [5.74, 6) is 0. The molecule has 0 spiro atoms. The van der Waals surface area contributed by atoms with Crippen LogP contribution in [0.2, 0.25) is 0 Å². The molecule has 0 atom stereocenters. The first kappa shape index (κ1) is 9.43. The van der Waals surface area contributed by atoms with E-state index in [-0.39, 0.29) is 4.66 Å². The first-order valence-electron chi connectivity index (χ1n) is 2.59. The van der Waals surface area contributed by atoms with E-state index >= 15 is 0 Å². The Bertz CT molecular complexity index is 176. The Labute approximate surface area is 64.7 Å². The molecule has 0 unspecified atom stereocenters. The lowest BCUT2D eigenvalue weighted by atomic mass is 10.3. The van der Waals surface area contributed by atoms with Crippen molar-refractivity contribution in [1.82, 2.24) is 0 Å². The van der Waals surface area contributed by atoms with Gasteiger partial charge in [0.2, 0.25) is 0 Å². The van der Waals surface area contributed by atoms with E-state index in [2.05, 4.69) is 15.9 Å². The highest BCUT2D eigenvalue weighted by Gasteiger charge is 2.26. The molecular weight excluding hydrogens is 204 g/mol. The van der Waals surface area contributed by atoms with Gasteiger partial charge in [0.15, 0.2) is 9.84 Å². The van der Waals surface area contributed by atoms with Crippen LogP contribution in [0, 0.1) is 0 Å². The lowest BCUT2D eigenvalue weighted by Crippen LogP contribution is -2.28. The van der Waals surface area contributed by atoms with E-state index in [1.54, 1.807) is 20.8 Å². The lowest BCUT2D eigenvalue weighted by molar-refractivity contribution is 0.566. The molecule has 0 saturated heterocycles. The zero-order valence-electron chi connectivity index (χ0n) is 5.81. The maximum absolute atomic E-state index is 11.0. The average molecular weight is 215 g/mol. The fraction of sp³-hybridized carbons (Fsp3) is 1.00. The third-order valence-corrected chi connectivity index (χ3v) is 5.04. The molecule has 0 amide bonds. The highest BCUT2D eigenvalue weighted by Crippen LogP contribution is 2.16. The SMILES string of the molecule is CC(C)(C)S(=O)(=O)CBr. The number of halogens is 1. The van der Waals surface area contributed by atoms with E-state index in [4.69, 9.17) is 0 Å². The molecule has 4 heteroatoms. The molecule has 0 aliphatic carbocycles. The van der Waals surface area contributed by atoms with Crippen LogP contribution in [0.1, 0.15) is 20.8 Å². The molecule has 0 radical (unpaired) electrons. The first-order valence-corrected chi connectivity index (χ1v) is 5.37. The maximum atomic E-state index is 11.0. The normalized spacial score (nSPS) is 13.8. The topological polar surface area (TPSA) is 34.1 Å². The standard InChI is InChI=1S/C5H11BrO2S/c1-5(2,3)9(7,8)4-6/h4H2,1-3H3. The van der Waals surface area contributed by atoms with Gasteiger partial charge in [0.25, 0.3) is 0 Å². The molecule has 0 bridgehead atoms. The summed E-state index contributed by atoms with van der Waals surface area (Å²) < 4.78 is 21.4. The number of rotatable bonds is 1. The minimum atomic E-state index is -2.92. The first-order chi connectivity index (χ1) is 3.81. The van der Waals surface area contributed by atoms with E-state index < -0.39 is 14.6 Å². The van der Waals surface area contributed by atoms with Crippen molar-refractivity contribution < 1.29 is 8.42 Å². The molecule has 0 aromatic carbocycles. The molecule has 0 heterocycles. The van der Waals surface area contributed by atoms with Crippen molar-refractivity contribution in [2.45, 2.75) is 25.5 Å². The van der Waals surface area contributed by atoms with E-state index in [9.17, 15) is 8.42 Å². The predicted molar refractivity (Wildman–Crippen MR) is 42.5 cm³/mol. The largest absolute Gasteiger partial charge is 0.227 e. The van der Waals surface area contributed by atoms with Crippen LogP contribution in [0.5, 0.6) is 0 Å². The van der Waals surface area contributed by atoms with Crippen molar-refractivity contribution in [3.63, 3.8) is 0 Å². The summed E-state index contributed by atoms with van der Waals surface area (Å²) in [7, 11) is -2.92. The van der Waals surface area contributed by atoms with Gasteiger partial charge in [0, 0.05) is 0 Å². The molecule has 0 aliphatic rings. The second-order valence-corrected chi connectivity index (χ2v) is 6.88. The summed E-state index contributed by atoms with van der Waals surface area (Å²) in [5.41, 5.74) is 0. The van der Waals surface area contributed by atoms with Crippen molar-refractivity contribution in [1.29, 1.82) is 0 Å². The summed E-state index contributed by atoms with van der Waals surface area (Å²) in [6.07, 6.45) is 0. The van der Waals surface area contributed by atoms with E-state index in [0.29, 0.717) is 0 Å². The highest BCUT2D eigenvalue weighted by molar-refractivity contribution is 9.10. The predicted octanol–water partition coefficient (Wildman–Crippen LogP) is 1.55. The van der Waals surface area contributed by atoms with Gasteiger partial charge in [-0.3, -0.25) is 0 Å².